The van der Waals surface area contributed by atoms with Crippen LogP contribution < -0.4 is 16.9 Å². The van der Waals surface area contributed by atoms with Gasteiger partial charge in [-0.1, -0.05) is 42.7 Å². The number of hydrogen-bond donors (Lipinski definition) is 4. The number of rotatable bonds is 5. The number of carboxylic acids is 1. The molecular weight excluding hydrogens is 328 g/mol. The highest BCUT2D eigenvalue weighted by Crippen LogP contribution is 2.33. The van der Waals surface area contributed by atoms with Gasteiger partial charge < -0.3 is 22.0 Å². The molecule has 26 heavy (non-hydrogen) atoms. The van der Waals surface area contributed by atoms with Crippen LogP contribution in [0.4, 0.5) is 0 Å². The van der Waals surface area contributed by atoms with E-state index < -0.39 is 11.9 Å². The third-order valence-electron chi connectivity index (χ3n) is 5.49. The van der Waals surface area contributed by atoms with E-state index in [1.165, 1.54) is 24.1 Å². The molecule has 6 N–H and O–H groups in total. The molecule has 3 rings (SSSR count). The van der Waals surface area contributed by atoms with Crippen molar-refractivity contribution >= 4 is 11.8 Å². The molecule has 2 aliphatic rings. The summed E-state index contributed by atoms with van der Waals surface area (Å²) in [5, 5.41) is 15.7. The fraction of sp³-hybridized carbons (Fsp3) is 0.600. The first-order chi connectivity index (χ1) is 12.5. The lowest BCUT2D eigenvalue weighted by Gasteiger charge is -2.18. The Morgan fingerprint density at radius 3 is 2.42 bits per heavy atom. The molecule has 1 aliphatic carbocycles. The van der Waals surface area contributed by atoms with Gasteiger partial charge in [0.1, 0.15) is 5.84 Å². The molecule has 0 radical (unpaired) electrons. The molecule has 1 aromatic carbocycles. The van der Waals surface area contributed by atoms with E-state index in [-0.39, 0.29) is 18.2 Å². The Morgan fingerprint density at radius 2 is 1.92 bits per heavy atom. The number of nitrogens with two attached hydrogens (primary N) is 2. The van der Waals surface area contributed by atoms with E-state index in [0.717, 1.165) is 38.1 Å². The topological polar surface area (TPSA) is 114 Å². The first-order valence-corrected chi connectivity index (χ1v) is 9.53. The summed E-state index contributed by atoms with van der Waals surface area (Å²) in [6.07, 6.45) is 5.77. The minimum atomic E-state index is -0.788. The van der Waals surface area contributed by atoms with Gasteiger partial charge in [-0.2, -0.15) is 5.10 Å². The number of hydrogen-bond acceptors (Lipinski definition) is 4. The van der Waals surface area contributed by atoms with E-state index in [1.54, 1.807) is 0 Å². The number of aliphatic carboxylic acids is 1. The smallest absolute Gasteiger partial charge is 0.307 e. The fourth-order valence-electron chi connectivity index (χ4n) is 3.87. The van der Waals surface area contributed by atoms with Crippen molar-refractivity contribution in [3.05, 3.63) is 35.4 Å². The molecule has 0 bridgehead atoms. The van der Waals surface area contributed by atoms with Crippen molar-refractivity contribution < 1.29 is 9.90 Å². The lowest BCUT2D eigenvalue weighted by Crippen LogP contribution is -2.28. The van der Waals surface area contributed by atoms with Gasteiger partial charge in [0, 0.05) is 13.0 Å². The highest BCUT2D eigenvalue weighted by atomic mass is 16.4. The predicted molar refractivity (Wildman–Crippen MR) is 105 cm³/mol. The average molecular weight is 361 g/mol. The molecule has 2 atom stereocenters. The Balaban J connectivity index is 0.000000189. The Morgan fingerprint density at radius 1 is 1.27 bits per heavy atom. The molecule has 2 unspecified atom stereocenters. The van der Waals surface area contributed by atoms with Crippen molar-refractivity contribution in [2.45, 2.75) is 51.4 Å². The molecule has 0 spiro atoms. The zero-order valence-corrected chi connectivity index (χ0v) is 15.7. The molecule has 1 aliphatic heterocycles. The predicted octanol–water partition coefficient (Wildman–Crippen LogP) is 2.57. The molecule has 6 heteroatoms. The second kappa shape index (κ2) is 10.2. The third kappa shape index (κ3) is 6.02. The van der Waals surface area contributed by atoms with Gasteiger partial charge in [-0.15, -0.1) is 0 Å². The number of nitrogens with one attached hydrogen (secondary N) is 1. The maximum atomic E-state index is 11.0. The summed E-state index contributed by atoms with van der Waals surface area (Å²) in [7, 11) is 0. The van der Waals surface area contributed by atoms with Crippen molar-refractivity contribution in [3.63, 3.8) is 0 Å². The monoisotopic (exact) mass is 360 g/mol. The van der Waals surface area contributed by atoms with Crippen LogP contribution in [0.5, 0.6) is 0 Å². The van der Waals surface area contributed by atoms with Crippen LogP contribution in [0.2, 0.25) is 0 Å². The normalized spacial score (nSPS) is 21.9. The van der Waals surface area contributed by atoms with Crippen LogP contribution in [0, 0.1) is 18.8 Å². The van der Waals surface area contributed by atoms with Crippen molar-refractivity contribution in [1.82, 2.24) is 5.32 Å². The molecular formula is C20H32N4O2. The van der Waals surface area contributed by atoms with Gasteiger partial charge in [-0.3, -0.25) is 4.79 Å². The van der Waals surface area contributed by atoms with Gasteiger partial charge in [0.15, 0.2) is 0 Å². The van der Waals surface area contributed by atoms with Gasteiger partial charge >= 0.3 is 5.97 Å². The summed E-state index contributed by atoms with van der Waals surface area (Å²) < 4.78 is 0. The summed E-state index contributed by atoms with van der Waals surface area (Å²) in [5.41, 5.74) is 8.28. The van der Waals surface area contributed by atoms with E-state index in [1.807, 2.05) is 0 Å². The number of amidine groups is 1. The maximum absolute atomic E-state index is 11.0. The number of benzene rings is 1. The van der Waals surface area contributed by atoms with Crippen LogP contribution in [-0.2, 0) is 4.79 Å². The van der Waals surface area contributed by atoms with E-state index in [9.17, 15) is 4.79 Å². The fourth-order valence-corrected chi connectivity index (χ4v) is 3.87. The minimum absolute atomic E-state index is 0.226. The van der Waals surface area contributed by atoms with Crippen molar-refractivity contribution in [3.8, 4) is 0 Å². The SMILES string of the molecule is Cc1ccc(C2CCNC2)cc1.N/N=C(\N)CC(C(=O)O)C1CCCC1. The number of nitrogens with zero attached hydrogens (tertiary/aromatic N) is 1. The van der Waals surface area contributed by atoms with Crippen molar-refractivity contribution in [1.29, 1.82) is 0 Å². The van der Waals surface area contributed by atoms with Gasteiger partial charge in [0.2, 0.25) is 0 Å². The lowest BCUT2D eigenvalue weighted by molar-refractivity contribution is -0.143. The summed E-state index contributed by atoms with van der Waals surface area (Å²) in [6, 6.07) is 8.92. The van der Waals surface area contributed by atoms with Crippen LogP contribution in [-0.4, -0.2) is 30.0 Å². The second-order valence-corrected chi connectivity index (χ2v) is 7.41. The zero-order valence-electron chi connectivity index (χ0n) is 15.7. The quantitative estimate of drug-likeness (QED) is 0.279. The molecule has 0 aromatic heterocycles. The van der Waals surface area contributed by atoms with E-state index in [2.05, 4.69) is 41.6 Å². The highest BCUT2D eigenvalue weighted by Gasteiger charge is 2.31. The summed E-state index contributed by atoms with van der Waals surface area (Å²) in [4.78, 5) is 11.0. The Labute approximate surface area is 156 Å². The molecule has 1 saturated heterocycles. The standard InChI is InChI=1S/C11H15N.C9H17N3O2/c1-9-2-4-10(5-3-9)11-6-7-12-8-11;10-8(12-11)5-7(9(13)14)6-3-1-2-4-6/h2-5,11-12H,6-8H2,1H3;6-7H,1-5,11H2,(H2,10,12)(H,13,14). The van der Waals surface area contributed by atoms with Crippen LogP contribution in [0.25, 0.3) is 0 Å². The van der Waals surface area contributed by atoms with Gasteiger partial charge in [-0.05, 0) is 50.1 Å². The minimum Gasteiger partial charge on any atom is -0.481 e. The molecule has 144 valence electrons. The van der Waals surface area contributed by atoms with E-state index >= 15 is 0 Å². The van der Waals surface area contributed by atoms with E-state index in [0.29, 0.717) is 0 Å². The number of carboxylic acid groups (broad SMARTS) is 1. The summed E-state index contributed by atoms with van der Waals surface area (Å²) in [5.74, 6) is 5.01. The maximum Gasteiger partial charge on any atom is 0.307 e. The zero-order chi connectivity index (χ0) is 18.9. The Bertz CT molecular complexity index is 588. The van der Waals surface area contributed by atoms with Crippen molar-refractivity contribution in [2.24, 2.45) is 28.5 Å². The summed E-state index contributed by atoms with van der Waals surface area (Å²) in [6.45, 7) is 4.47. The number of aryl methyl sites for hydroxylation is 1. The van der Waals surface area contributed by atoms with Gasteiger partial charge in [-0.25, -0.2) is 0 Å². The number of carbonyl (C=O) groups is 1. The van der Waals surface area contributed by atoms with Crippen molar-refractivity contribution in [2.75, 3.05) is 13.1 Å². The lowest BCUT2D eigenvalue weighted by atomic mass is 9.88. The van der Waals surface area contributed by atoms with E-state index in [4.69, 9.17) is 16.7 Å². The second-order valence-electron chi connectivity index (χ2n) is 7.41. The van der Waals surface area contributed by atoms with Gasteiger partial charge in [0.25, 0.3) is 0 Å². The summed E-state index contributed by atoms with van der Waals surface area (Å²) >= 11 is 0. The van der Waals surface area contributed by atoms with Gasteiger partial charge in [0.05, 0.1) is 5.92 Å². The number of hydrazone groups is 1. The third-order valence-corrected chi connectivity index (χ3v) is 5.49. The van der Waals surface area contributed by atoms with Crippen LogP contribution >= 0.6 is 0 Å². The average Bonchev–Trinajstić information content (AvgIpc) is 3.34. The first-order valence-electron chi connectivity index (χ1n) is 9.53. The largest absolute Gasteiger partial charge is 0.481 e. The van der Waals surface area contributed by atoms with Crippen LogP contribution in [0.1, 0.15) is 55.6 Å². The highest BCUT2D eigenvalue weighted by molar-refractivity contribution is 5.85. The molecule has 0 amide bonds. The van der Waals surface area contributed by atoms with Crippen LogP contribution in [0.15, 0.2) is 29.4 Å². The molecule has 2 fully saturated rings. The Kier molecular flexibility index (Phi) is 7.91. The van der Waals surface area contributed by atoms with Crippen LogP contribution in [0.3, 0.4) is 0 Å². The molecule has 6 nitrogen and oxygen atoms in total. The molecule has 1 heterocycles. The first kappa shape index (κ1) is 20.2. The molecule has 1 saturated carbocycles. The molecule has 1 aromatic rings. The Hall–Kier alpha value is -2.08.